The predicted octanol–water partition coefficient (Wildman–Crippen LogP) is 5.79. The highest BCUT2D eigenvalue weighted by Gasteiger charge is 2.29. The van der Waals surface area contributed by atoms with Crippen LogP contribution in [0.2, 0.25) is 0 Å². The maximum absolute atomic E-state index is 13.6. The van der Waals surface area contributed by atoms with E-state index < -0.39 is 5.97 Å². The summed E-state index contributed by atoms with van der Waals surface area (Å²) >= 11 is 0. The van der Waals surface area contributed by atoms with Crippen molar-refractivity contribution in [2.75, 3.05) is 0 Å². The zero-order valence-electron chi connectivity index (χ0n) is 17.6. The van der Waals surface area contributed by atoms with Gasteiger partial charge in [0.25, 0.3) is 5.91 Å². The molecule has 0 saturated carbocycles. The lowest BCUT2D eigenvalue weighted by molar-refractivity contribution is 0.0506. The van der Waals surface area contributed by atoms with Crippen molar-refractivity contribution >= 4 is 17.7 Å². The Morgan fingerprint density at radius 1 is 0.844 bits per heavy atom. The van der Waals surface area contributed by atoms with E-state index in [1.54, 1.807) is 48.5 Å². The first-order chi connectivity index (χ1) is 15.7. The molecule has 1 aromatic heterocycles. The third kappa shape index (κ3) is 5.03. The van der Waals surface area contributed by atoms with Gasteiger partial charge in [-0.25, -0.2) is 4.79 Å². The van der Waals surface area contributed by atoms with Gasteiger partial charge in [0.05, 0.1) is 11.8 Å². The van der Waals surface area contributed by atoms with E-state index in [9.17, 15) is 9.59 Å². The van der Waals surface area contributed by atoms with Gasteiger partial charge in [0.2, 0.25) is 5.84 Å². The number of carbonyl (C=O) groups is 2. The second kappa shape index (κ2) is 10.4. The average molecular weight is 428 g/mol. The molecule has 162 valence electrons. The number of oxime groups is 1. The van der Waals surface area contributed by atoms with Gasteiger partial charge in [-0.3, -0.25) is 9.69 Å². The van der Waals surface area contributed by atoms with Crippen LogP contribution in [0.25, 0.3) is 0 Å². The lowest BCUT2D eigenvalue weighted by Gasteiger charge is -2.25. The zero-order valence-corrected chi connectivity index (χ0v) is 17.6. The van der Waals surface area contributed by atoms with Crippen molar-refractivity contribution in [1.82, 2.24) is 4.90 Å². The number of amides is 1. The van der Waals surface area contributed by atoms with E-state index in [4.69, 9.17) is 9.25 Å². The number of hydrogen-bond donors (Lipinski definition) is 0. The van der Waals surface area contributed by atoms with Crippen LogP contribution in [0.1, 0.15) is 58.6 Å². The van der Waals surface area contributed by atoms with Crippen LogP contribution in [0.5, 0.6) is 0 Å². The van der Waals surface area contributed by atoms with Crippen LogP contribution in [0.3, 0.4) is 0 Å². The van der Waals surface area contributed by atoms with Crippen LogP contribution in [-0.2, 0) is 4.84 Å². The number of allylic oxidation sites excluding steroid dienone is 2. The quantitative estimate of drug-likeness (QED) is 0.223. The van der Waals surface area contributed by atoms with Gasteiger partial charge in [0, 0.05) is 11.3 Å². The Labute approximate surface area is 186 Å². The second-order valence-corrected chi connectivity index (χ2v) is 7.44. The van der Waals surface area contributed by atoms with E-state index >= 15 is 0 Å². The molecule has 1 amide bonds. The minimum atomic E-state index is -0.614. The van der Waals surface area contributed by atoms with E-state index in [1.165, 1.54) is 11.2 Å². The maximum atomic E-state index is 13.6. The summed E-state index contributed by atoms with van der Waals surface area (Å²) < 4.78 is 5.58. The highest BCUT2D eigenvalue weighted by molar-refractivity contribution is 6.13. The number of furan rings is 1. The second-order valence-electron chi connectivity index (χ2n) is 7.44. The first kappa shape index (κ1) is 21.3. The third-order valence-corrected chi connectivity index (χ3v) is 5.21. The fraction of sp³-hybridized carbons (Fsp3) is 0.192. The number of nitrogens with zero attached hydrogens (tertiary/aromatic N) is 2. The summed E-state index contributed by atoms with van der Waals surface area (Å²) in [4.78, 5) is 32.9. The molecule has 6 nitrogen and oxygen atoms in total. The first-order valence-corrected chi connectivity index (χ1v) is 10.7. The van der Waals surface area contributed by atoms with Crippen LogP contribution in [0.4, 0.5) is 0 Å². The van der Waals surface area contributed by atoms with E-state index in [2.05, 4.69) is 11.2 Å². The van der Waals surface area contributed by atoms with Crippen molar-refractivity contribution in [2.24, 2.45) is 5.16 Å². The van der Waals surface area contributed by atoms with Gasteiger partial charge in [0.15, 0.2) is 5.76 Å². The van der Waals surface area contributed by atoms with Gasteiger partial charge >= 0.3 is 5.97 Å². The van der Waals surface area contributed by atoms with E-state index in [1.807, 2.05) is 24.3 Å². The summed E-state index contributed by atoms with van der Waals surface area (Å²) in [5, 5.41) is 4.13. The molecular formula is C26H24N2O4. The van der Waals surface area contributed by atoms with E-state index in [-0.39, 0.29) is 11.7 Å². The summed E-state index contributed by atoms with van der Waals surface area (Å²) in [5.41, 5.74) is 1.69. The third-order valence-electron chi connectivity index (χ3n) is 5.21. The Kier molecular flexibility index (Phi) is 6.92. The highest BCUT2D eigenvalue weighted by atomic mass is 16.7. The summed E-state index contributed by atoms with van der Waals surface area (Å²) in [6, 6.07) is 21.0. The van der Waals surface area contributed by atoms with Crippen LogP contribution in [0, 0.1) is 0 Å². The lowest BCUT2D eigenvalue weighted by Crippen LogP contribution is -2.37. The van der Waals surface area contributed by atoms with Crippen LogP contribution < -0.4 is 0 Å². The Morgan fingerprint density at radius 3 is 2.25 bits per heavy atom. The highest BCUT2D eigenvalue weighted by Crippen LogP contribution is 2.25. The molecule has 0 atom stereocenters. The molecule has 0 bridgehead atoms. The maximum Gasteiger partial charge on any atom is 0.365 e. The fourth-order valence-electron chi connectivity index (χ4n) is 3.59. The molecular weight excluding hydrogens is 404 g/mol. The molecule has 6 heteroatoms. The van der Waals surface area contributed by atoms with Gasteiger partial charge < -0.3 is 9.25 Å². The minimum Gasteiger partial charge on any atom is -0.461 e. The lowest BCUT2D eigenvalue weighted by atomic mass is 10.1. The van der Waals surface area contributed by atoms with Crippen molar-refractivity contribution < 1.29 is 18.8 Å². The number of hydrogen-bond acceptors (Lipinski definition) is 5. The number of benzene rings is 2. The topological polar surface area (TPSA) is 72.1 Å². The van der Waals surface area contributed by atoms with Gasteiger partial charge in [-0.2, -0.15) is 0 Å². The first-order valence-electron chi connectivity index (χ1n) is 10.7. The summed E-state index contributed by atoms with van der Waals surface area (Å²) in [6.07, 6.45) is 8.24. The molecule has 0 aliphatic heterocycles. The number of carbonyl (C=O) groups excluding carboxylic acids is 2. The van der Waals surface area contributed by atoms with Crippen molar-refractivity contribution in [3.63, 3.8) is 0 Å². The SMILES string of the molecule is O=C(O/N=C(\c1ccco1)N(C(=O)c1ccccc1)C1=CCCCCC1)c1ccccc1. The van der Waals surface area contributed by atoms with Crippen LogP contribution >= 0.6 is 0 Å². The molecule has 1 aliphatic carbocycles. The van der Waals surface area contributed by atoms with E-state index in [0.29, 0.717) is 23.3 Å². The molecule has 1 aliphatic rings. The molecule has 4 rings (SSSR count). The molecule has 3 aromatic rings. The Morgan fingerprint density at radius 2 is 1.56 bits per heavy atom. The molecule has 0 N–H and O–H groups in total. The Balaban J connectivity index is 1.75. The zero-order chi connectivity index (χ0) is 22.2. The summed E-state index contributed by atoms with van der Waals surface area (Å²) in [6.45, 7) is 0. The van der Waals surface area contributed by atoms with Crippen molar-refractivity contribution in [3.8, 4) is 0 Å². The summed E-state index contributed by atoms with van der Waals surface area (Å²) in [7, 11) is 0. The normalized spacial score (nSPS) is 14.2. The fourth-order valence-corrected chi connectivity index (χ4v) is 3.59. The Hall–Kier alpha value is -3.93. The van der Waals surface area contributed by atoms with Crippen LogP contribution in [-0.4, -0.2) is 22.6 Å². The molecule has 0 unspecified atom stereocenters. The van der Waals surface area contributed by atoms with Crippen LogP contribution in [0.15, 0.2) is 100 Å². The van der Waals surface area contributed by atoms with Gasteiger partial charge in [-0.1, -0.05) is 54.1 Å². The van der Waals surface area contributed by atoms with E-state index in [0.717, 1.165) is 31.4 Å². The van der Waals surface area contributed by atoms with Crippen molar-refractivity contribution in [3.05, 3.63) is 108 Å². The number of amidine groups is 1. The molecule has 0 saturated heterocycles. The molecule has 0 fully saturated rings. The standard InChI is InChI=1S/C26H24N2O4/c29-25(20-12-5-3-6-13-20)28(22-16-9-1-2-10-17-22)24(23-18-11-19-31-23)27-32-26(30)21-14-7-4-8-15-21/h3-8,11-16,18-19H,1-2,9-10,17H2/b27-24+. The molecule has 0 spiro atoms. The number of rotatable bonds is 5. The predicted molar refractivity (Wildman–Crippen MR) is 121 cm³/mol. The van der Waals surface area contributed by atoms with Crippen molar-refractivity contribution in [1.29, 1.82) is 0 Å². The van der Waals surface area contributed by atoms with Gasteiger partial charge in [-0.15, -0.1) is 0 Å². The monoisotopic (exact) mass is 428 g/mol. The molecule has 1 heterocycles. The largest absolute Gasteiger partial charge is 0.461 e. The van der Waals surface area contributed by atoms with Gasteiger partial charge in [0.1, 0.15) is 0 Å². The molecule has 0 radical (unpaired) electrons. The molecule has 32 heavy (non-hydrogen) atoms. The smallest absolute Gasteiger partial charge is 0.365 e. The van der Waals surface area contributed by atoms with Gasteiger partial charge in [-0.05, 0) is 62.1 Å². The molecule has 2 aromatic carbocycles. The van der Waals surface area contributed by atoms with Crippen molar-refractivity contribution in [2.45, 2.75) is 32.1 Å². The minimum absolute atomic E-state index is 0.140. The summed E-state index contributed by atoms with van der Waals surface area (Å²) in [5.74, 6) is -0.400. The average Bonchev–Trinajstić information content (AvgIpc) is 3.25. The Bertz CT molecular complexity index is 1100.